The zero-order valence-corrected chi connectivity index (χ0v) is 64.0. The molecule has 0 radical (unpaired) electrons. The average molecular weight is 3070 g/mol. The first-order chi connectivity index (χ1) is 4.54. The van der Waals surface area contributed by atoms with Crippen LogP contribution in [0, 0.1) is 0 Å². The molecule has 0 unspecified atom stereocenters. The van der Waals surface area contributed by atoms with Gasteiger partial charge >= 0.3 is 34.2 Å². The van der Waals surface area contributed by atoms with Gasteiger partial charge in [-0.25, -0.2) is 0 Å². The fourth-order valence-corrected chi connectivity index (χ4v) is 0. The standard InChI is InChI=1S/2C2H5NO2.As.40O.12W/c2*3-1-2(4)5;;;;;;;;;;;;;;;;;;;;;;;;;;;;;;;;;;;;;;;;;;;;;;;;;;;;;/h2*1,3H2,(H,4,5);;;;;;;;;;;;;;;;;;;;;;;;;;;;;;;;;;;;;;;;;;;;;;;;;;;;;/q;;+5;40*-2;;;;;;;;;;;;/p+3. The van der Waals surface area contributed by atoms with Crippen LogP contribution in [0.2, 0.25) is 0 Å². The molecule has 0 aromatic heterocycles. The third-order valence-corrected chi connectivity index (χ3v) is 0.349. The fourth-order valence-electron chi connectivity index (χ4n) is 0. The summed E-state index contributed by atoms with van der Waals surface area (Å²) in [6.45, 7) is -0.556. The van der Waals surface area contributed by atoms with Crippen molar-refractivity contribution in [3.63, 3.8) is 0 Å². The van der Waals surface area contributed by atoms with E-state index in [0.29, 0.717) is 0 Å². The van der Waals surface area contributed by atoms with Crippen LogP contribution in [0.4, 0.5) is 0 Å². The molecular weight excluding hydrogens is 3060 g/mol. The van der Waals surface area contributed by atoms with E-state index in [1.54, 1.807) is 0 Å². The molecule has 59 heteroatoms. The molecule has 0 bridgehead atoms. The molecule has 46 nitrogen and oxygen atoms in total. The minimum atomic E-state index is -0.968. The summed E-state index contributed by atoms with van der Waals surface area (Å²) >= 11 is 0. The van der Waals surface area contributed by atoms with Gasteiger partial charge in [0.1, 0.15) is 0 Å². The maximum atomic E-state index is 9.24. The van der Waals surface area contributed by atoms with Crippen molar-refractivity contribution in [3.8, 4) is 0 Å². The van der Waals surface area contributed by atoms with E-state index in [-0.39, 0.29) is 507 Å². The number of hydrogen-bond acceptors (Lipinski definition) is 4. The normalized spacial score (nSPS) is 1.17. The van der Waals surface area contributed by atoms with Gasteiger partial charge in [0.15, 0.2) is 0 Å². The van der Waals surface area contributed by atoms with Crippen molar-refractivity contribution in [1.29, 1.82) is 0 Å². The van der Waals surface area contributed by atoms with Crippen LogP contribution in [-0.4, -0.2) is 53.2 Å². The number of carbonyl (C=O) groups is 2. The van der Waals surface area contributed by atoms with Crippen LogP contribution < -0.4 is 11.5 Å². The first kappa shape index (κ1) is 1620. The summed E-state index contributed by atoms with van der Waals surface area (Å²) in [6.07, 6.45) is 0. The second-order valence-electron chi connectivity index (χ2n) is 1.20. The van der Waals surface area contributed by atoms with Crippen LogP contribution in [-0.2, 0) is 481 Å². The van der Waals surface area contributed by atoms with Gasteiger partial charge in [-0.3, -0.25) is 9.59 Å². The van der Waals surface area contributed by atoms with Gasteiger partial charge in [-0.1, -0.05) is 0 Å². The van der Waals surface area contributed by atoms with Crippen molar-refractivity contribution in [2.75, 3.05) is 13.1 Å². The van der Waals surface area contributed by atoms with Gasteiger partial charge in [-0.05, 0) is 0 Å². The summed E-state index contributed by atoms with van der Waals surface area (Å²) in [5, 5.41) is 15.2. The molecule has 452 valence electrons. The van der Waals surface area contributed by atoms with E-state index in [1.165, 1.54) is 0 Å². The van der Waals surface area contributed by atoms with Gasteiger partial charge < -0.3 is 241 Å². The van der Waals surface area contributed by atoms with E-state index < -0.39 is 11.9 Å². The monoisotopic (exact) mass is 3080 g/mol. The zero-order chi connectivity index (χ0) is 8.57. The molecule has 0 aliphatic carbocycles. The predicted molar refractivity (Wildman–Crippen MR) is 69.9 cm³/mol. The van der Waals surface area contributed by atoms with Gasteiger partial charge in [0.05, 0.1) is 13.1 Å². The van der Waals surface area contributed by atoms with Crippen molar-refractivity contribution in [2.24, 2.45) is 11.5 Å². The van der Waals surface area contributed by atoms with Crippen molar-refractivity contribution >= 4 is 29.9 Å². The van der Waals surface area contributed by atoms with Crippen molar-refractivity contribution in [1.82, 2.24) is 0 Å². The summed E-state index contributed by atoms with van der Waals surface area (Å²) < 4.78 is 0. The summed E-state index contributed by atoms with van der Waals surface area (Å²) in [6, 6.07) is 0. The largest absolute Gasteiger partial charge is 5.00 e. The number of aliphatic carboxylic acids is 2. The van der Waals surface area contributed by atoms with Crippen LogP contribution in [0.1, 0.15) is 4.28 Å². The van der Waals surface area contributed by atoms with Gasteiger partial charge in [-0.2, -0.15) is 0 Å². The number of carboxylic acids is 2. The van der Waals surface area contributed by atoms with Crippen LogP contribution in [0.25, 0.3) is 0 Å². The Kier molecular flexibility index (Phi) is 39600. The summed E-state index contributed by atoms with van der Waals surface area (Å²) in [4.78, 5) is 18.5. The molecule has 0 aliphatic rings. The van der Waals surface area contributed by atoms with Gasteiger partial charge in [0.2, 0.25) is 0 Å². The molecule has 0 spiro atoms. The Morgan fingerprint density at radius 2 is 0.238 bits per heavy atom. The zero-order valence-electron chi connectivity index (χ0n) is 30.0. The van der Waals surface area contributed by atoms with E-state index in [4.69, 9.17) is 10.2 Å². The molecule has 0 rings (SSSR count). The fraction of sp³-hybridized carbons (Fsp3) is 0.500. The van der Waals surface area contributed by atoms with E-state index >= 15 is 0 Å². The molecule has 0 aliphatic heterocycles. The Bertz CT molecular complexity index is 186. The molecule has 0 amide bonds. The van der Waals surface area contributed by atoms with E-state index in [0.717, 1.165) is 0 Å². The van der Waals surface area contributed by atoms with Gasteiger partial charge in [-0.15, -0.1) is 0 Å². The van der Waals surface area contributed by atoms with E-state index in [9.17, 15) is 9.59 Å². The Balaban J connectivity index is -0.000000000187. The Labute approximate surface area is 543 Å². The topological polar surface area (TPSA) is 1270 Å². The molecule has 0 atom stereocenters. The molecule has 0 aromatic rings. The number of carboxylic acid groups (broad SMARTS) is 2. The average Bonchev–Trinajstić information content (AvgIpc) is 1.89. The second kappa shape index (κ2) is 1550. The maximum absolute atomic E-state index is 9.24. The first-order valence-electron chi connectivity index (χ1n) is 2.38. The smallest absolute Gasteiger partial charge is 2.00 e. The Hall–Kier alpha value is 6.08. The van der Waals surface area contributed by atoms with Crippen LogP contribution in [0.5, 0.6) is 0 Å². The molecule has 0 saturated carbocycles. The molecule has 6 N–H and O–H groups in total. The van der Waals surface area contributed by atoms with E-state index in [2.05, 4.69) is 11.5 Å². The van der Waals surface area contributed by atoms with Crippen molar-refractivity contribution in [3.05, 3.63) is 0 Å². The summed E-state index contributed by atoms with van der Waals surface area (Å²) in [5.41, 5.74) is 9.14. The van der Waals surface area contributed by atoms with Crippen LogP contribution in [0.15, 0.2) is 0 Å². The van der Waals surface area contributed by atoms with Crippen molar-refractivity contribution in [2.45, 2.75) is 0 Å². The molecule has 0 heterocycles. The van der Waals surface area contributed by atoms with Crippen LogP contribution >= 0.6 is 0 Å². The number of rotatable bonds is 2. The molecule has 0 fully saturated rings. The van der Waals surface area contributed by atoms with E-state index in [1.807, 2.05) is 0 Å². The second-order valence-corrected chi connectivity index (χ2v) is 1.20. The minimum Gasteiger partial charge on any atom is -2.00 e. The molecule has 0 aromatic carbocycles. The molecule has 63 heavy (non-hydrogen) atoms. The molecular formula is C4H13AsN2O44W12-72. The first-order valence-corrected chi connectivity index (χ1v) is 2.38. The third kappa shape index (κ3) is 2930. The Morgan fingerprint density at radius 3 is 0.238 bits per heavy atom. The van der Waals surface area contributed by atoms with Crippen molar-refractivity contribution < 1.29 is 496 Å². The Morgan fingerprint density at radius 1 is 0.222 bits per heavy atom. The third-order valence-electron chi connectivity index (χ3n) is 0.349. The number of hydrogen-bond donors (Lipinski definition) is 4. The SMILES string of the molecule is NCC(=O)O.NCC(=O)O.[As+5].[H+].[H+].[H+].[O-2].[O-2].[O-2].[O-2].[O-2].[O-2].[O-2].[O-2].[O-2].[O-2].[O-2].[O-2].[O-2].[O-2].[O-2].[O-2].[O-2].[O-2].[O-2].[O-2].[O-2].[O-2].[O-2].[O-2].[O-2].[O-2].[O-2].[O-2].[O-2].[O-2].[O-2].[O-2].[O-2].[O-2].[O-2].[O-2].[O-2].[O-2].[O-2].[O-2].[W].[W].[W].[W].[W].[W].[W].[W].[W].[W].[W].[W]. The van der Waals surface area contributed by atoms with Crippen LogP contribution in [0.3, 0.4) is 0 Å². The van der Waals surface area contributed by atoms with Gasteiger partial charge in [0, 0.05) is 253 Å². The number of nitrogens with two attached hydrogens (primary N) is 2. The maximum Gasteiger partial charge on any atom is 5.00 e. The van der Waals surface area contributed by atoms with Gasteiger partial charge in [0.25, 0.3) is 0 Å². The quantitative estimate of drug-likeness (QED) is 0.195. The predicted octanol–water partition coefficient (Wildman–Crippen LogP) is -6.77. The minimum absolute atomic E-state index is 0. The summed E-state index contributed by atoms with van der Waals surface area (Å²) in [7, 11) is 0. The summed E-state index contributed by atoms with van der Waals surface area (Å²) in [5.74, 6) is -1.94. The molecule has 0 saturated heterocycles.